The van der Waals surface area contributed by atoms with Crippen LogP contribution in [0.2, 0.25) is 0 Å². The maximum absolute atomic E-state index is 12.4. The third-order valence-corrected chi connectivity index (χ3v) is 6.59. The first-order valence-electron chi connectivity index (χ1n) is 7.38. The lowest BCUT2D eigenvalue weighted by Crippen LogP contribution is -2.52. The number of nitrogens with two attached hydrogens (primary N) is 1. The summed E-state index contributed by atoms with van der Waals surface area (Å²) >= 11 is 0. The Kier molecular flexibility index (Phi) is 6.82. The fourth-order valence-corrected chi connectivity index (χ4v) is 4.44. The van der Waals surface area contributed by atoms with Gasteiger partial charge in [0.1, 0.15) is 0 Å². The van der Waals surface area contributed by atoms with Crippen molar-refractivity contribution in [2.75, 3.05) is 13.1 Å². The standard InChI is InChI=1S/C14H23N3O4S2.ClH/c1-14(2)7-4-8-16-13(14)10-17-23(20,21)12-6-3-5-11(9-12)22(15,18)19;/h3,5-6,9,13,16-17H,4,7-8,10H2,1-2H3,(H2,15,18,19);1H. The molecule has 0 saturated carbocycles. The first-order valence-corrected chi connectivity index (χ1v) is 10.4. The average Bonchev–Trinajstić information content (AvgIpc) is 2.45. The van der Waals surface area contributed by atoms with E-state index in [1.165, 1.54) is 18.2 Å². The summed E-state index contributed by atoms with van der Waals surface area (Å²) in [6.45, 7) is 5.30. The Bertz CT molecular complexity index is 779. The molecule has 138 valence electrons. The second-order valence-electron chi connectivity index (χ2n) is 6.47. The quantitative estimate of drug-likeness (QED) is 0.679. The summed E-state index contributed by atoms with van der Waals surface area (Å²) in [5.41, 5.74) is -0.0107. The van der Waals surface area contributed by atoms with Crippen LogP contribution in [-0.2, 0) is 20.0 Å². The Morgan fingerprint density at radius 1 is 1.25 bits per heavy atom. The van der Waals surface area contributed by atoms with Gasteiger partial charge in [-0.25, -0.2) is 26.7 Å². The Morgan fingerprint density at radius 3 is 2.46 bits per heavy atom. The van der Waals surface area contributed by atoms with E-state index < -0.39 is 20.0 Å². The summed E-state index contributed by atoms with van der Waals surface area (Å²) in [7, 11) is -7.75. The molecule has 1 saturated heterocycles. The van der Waals surface area contributed by atoms with Gasteiger partial charge in [-0.05, 0) is 43.0 Å². The Labute approximate surface area is 149 Å². The molecule has 0 radical (unpaired) electrons. The lowest BCUT2D eigenvalue weighted by Gasteiger charge is -2.39. The molecule has 4 N–H and O–H groups in total. The number of sulfonamides is 2. The maximum Gasteiger partial charge on any atom is 0.240 e. The van der Waals surface area contributed by atoms with Gasteiger partial charge in [0.25, 0.3) is 0 Å². The average molecular weight is 398 g/mol. The number of piperidine rings is 1. The number of nitrogens with one attached hydrogen (secondary N) is 2. The van der Waals surface area contributed by atoms with Gasteiger partial charge in [-0.15, -0.1) is 12.4 Å². The maximum atomic E-state index is 12.4. The van der Waals surface area contributed by atoms with Crippen LogP contribution in [0.25, 0.3) is 0 Å². The molecule has 1 aliphatic rings. The van der Waals surface area contributed by atoms with E-state index in [2.05, 4.69) is 23.9 Å². The van der Waals surface area contributed by atoms with E-state index >= 15 is 0 Å². The third-order valence-electron chi connectivity index (χ3n) is 4.25. The Balaban J connectivity index is 0.00000288. The smallest absolute Gasteiger partial charge is 0.240 e. The number of hydrogen-bond acceptors (Lipinski definition) is 5. The van der Waals surface area contributed by atoms with E-state index in [9.17, 15) is 16.8 Å². The number of rotatable bonds is 5. The molecule has 0 spiro atoms. The summed E-state index contributed by atoms with van der Waals surface area (Å²) in [5, 5.41) is 8.37. The molecule has 7 nitrogen and oxygen atoms in total. The van der Waals surface area contributed by atoms with E-state index in [1.54, 1.807) is 0 Å². The summed E-state index contributed by atoms with van der Waals surface area (Å²) < 4.78 is 50.0. The molecule has 0 amide bonds. The summed E-state index contributed by atoms with van der Waals surface area (Å²) in [6, 6.07) is 5.05. The second kappa shape index (κ2) is 7.67. The SMILES string of the molecule is CC1(C)CCCNC1CNS(=O)(=O)c1cccc(S(N)(=O)=O)c1.Cl. The number of primary sulfonamides is 1. The molecule has 1 heterocycles. The Morgan fingerprint density at radius 2 is 1.88 bits per heavy atom. The molecule has 0 aromatic heterocycles. The Hall–Kier alpha value is -0.710. The van der Waals surface area contributed by atoms with Gasteiger partial charge in [-0.1, -0.05) is 19.9 Å². The minimum Gasteiger partial charge on any atom is -0.312 e. The molecule has 24 heavy (non-hydrogen) atoms. The minimum atomic E-state index is -3.94. The molecular weight excluding hydrogens is 374 g/mol. The highest BCUT2D eigenvalue weighted by atomic mass is 35.5. The van der Waals surface area contributed by atoms with E-state index in [-0.39, 0.29) is 40.2 Å². The van der Waals surface area contributed by atoms with Gasteiger partial charge >= 0.3 is 0 Å². The minimum absolute atomic E-state index is 0. The van der Waals surface area contributed by atoms with Crippen LogP contribution in [0.4, 0.5) is 0 Å². The summed E-state index contributed by atoms with van der Waals surface area (Å²) in [5.74, 6) is 0. The van der Waals surface area contributed by atoms with Crippen LogP contribution in [0.3, 0.4) is 0 Å². The number of hydrogen-bond donors (Lipinski definition) is 3. The van der Waals surface area contributed by atoms with Crippen LogP contribution in [0.15, 0.2) is 34.1 Å². The normalized spacial score (nSPS) is 21.0. The van der Waals surface area contributed by atoms with Crippen molar-refractivity contribution >= 4 is 32.5 Å². The highest BCUT2D eigenvalue weighted by Crippen LogP contribution is 2.29. The van der Waals surface area contributed by atoms with E-state index in [1.807, 2.05) is 0 Å². The molecule has 0 aliphatic carbocycles. The fourth-order valence-electron chi connectivity index (χ4n) is 2.71. The van der Waals surface area contributed by atoms with Gasteiger partial charge in [-0.3, -0.25) is 0 Å². The molecule has 1 atom stereocenters. The van der Waals surface area contributed by atoms with Crippen molar-refractivity contribution in [2.45, 2.75) is 42.5 Å². The molecule has 1 unspecified atom stereocenters. The van der Waals surface area contributed by atoms with Crippen LogP contribution >= 0.6 is 12.4 Å². The van der Waals surface area contributed by atoms with Crippen molar-refractivity contribution in [1.29, 1.82) is 0 Å². The van der Waals surface area contributed by atoms with Gasteiger partial charge in [0, 0.05) is 12.6 Å². The zero-order valence-corrected chi connectivity index (χ0v) is 16.1. The third kappa shape index (κ3) is 5.14. The number of benzene rings is 1. The fraction of sp³-hybridized carbons (Fsp3) is 0.571. The van der Waals surface area contributed by atoms with Gasteiger partial charge in [0.15, 0.2) is 0 Å². The molecule has 1 fully saturated rings. The van der Waals surface area contributed by atoms with Gasteiger partial charge in [0.05, 0.1) is 9.79 Å². The van der Waals surface area contributed by atoms with Crippen LogP contribution < -0.4 is 15.2 Å². The van der Waals surface area contributed by atoms with Crippen molar-refractivity contribution in [2.24, 2.45) is 10.6 Å². The zero-order chi connectivity index (χ0) is 17.3. The lowest BCUT2D eigenvalue weighted by molar-refractivity contribution is 0.181. The van der Waals surface area contributed by atoms with Crippen molar-refractivity contribution in [3.05, 3.63) is 24.3 Å². The largest absolute Gasteiger partial charge is 0.312 e. The van der Waals surface area contributed by atoms with Crippen LogP contribution in [-0.4, -0.2) is 36.0 Å². The molecule has 1 aliphatic heterocycles. The number of halogens is 1. The van der Waals surface area contributed by atoms with E-state index in [4.69, 9.17) is 5.14 Å². The van der Waals surface area contributed by atoms with Gasteiger partial charge in [0.2, 0.25) is 20.0 Å². The summed E-state index contributed by atoms with van der Waals surface area (Å²) in [4.78, 5) is -0.339. The molecule has 10 heteroatoms. The predicted octanol–water partition coefficient (Wildman–Crippen LogP) is 0.812. The van der Waals surface area contributed by atoms with Crippen molar-refractivity contribution in [3.8, 4) is 0 Å². The van der Waals surface area contributed by atoms with E-state index in [0.717, 1.165) is 25.5 Å². The first kappa shape index (κ1) is 21.3. The lowest BCUT2D eigenvalue weighted by atomic mass is 9.78. The highest BCUT2D eigenvalue weighted by molar-refractivity contribution is 7.90. The van der Waals surface area contributed by atoms with Gasteiger partial charge in [-0.2, -0.15) is 0 Å². The predicted molar refractivity (Wildman–Crippen MR) is 95.1 cm³/mol. The van der Waals surface area contributed by atoms with Crippen molar-refractivity contribution < 1.29 is 16.8 Å². The molecular formula is C14H24ClN3O4S2. The van der Waals surface area contributed by atoms with Crippen LogP contribution in [0.1, 0.15) is 26.7 Å². The van der Waals surface area contributed by atoms with Crippen molar-refractivity contribution in [3.63, 3.8) is 0 Å². The topological polar surface area (TPSA) is 118 Å². The van der Waals surface area contributed by atoms with Crippen LogP contribution in [0.5, 0.6) is 0 Å². The van der Waals surface area contributed by atoms with Crippen molar-refractivity contribution in [1.82, 2.24) is 10.0 Å². The van der Waals surface area contributed by atoms with Gasteiger partial charge < -0.3 is 5.32 Å². The van der Waals surface area contributed by atoms with E-state index in [0.29, 0.717) is 0 Å². The second-order valence-corrected chi connectivity index (χ2v) is 9.80. The van der Waals surface area contributed by atoms with Crippen LogP contribution in [0, 0.1) is 5.41 Å². The first-order chi connectivity index (χ1) is 10.5. The molecule has 2 rings (SSSR count). The summed E-state index contributed by atoms with van der Waals surface area (Å²) in [6.07, 6.45) is 2.08. The molecule has 1 aromatic carbocycles. The highest BCUT2D eigenvalue weighted by Gasteiger charge is 2.32. The zero-order valence-electron chi connectivity index (χ0n) is 13.7. The monoisotopic (exact) mass is 397 g/mol. The molecule has 1 aromatic rings. The molecule has 0 bridgehead atoms.